The fraction of sp³-hybridized carbons (Fsp3) is 0.562. The standard InChI is InChI=1S/C16H21F3N2/c1-14(2,3)10-15(4,5)21-13-7-6-12(16(17,18)19)8-11(13)9-20/h6-8,21H,10H2,1-5H3. The van der Waals surface area contributed by atoms with Crippen LogP contribution in [0.5, 0.6) is 0 Å². The predicted octanol–water partition coefficient (Wildman–Crippen LogP) is 5.20. The van der Waals surface area contributed by atoms with Crippen molar-refractivity contribution in [3.63, 3.8) is 0 Å². The van der Waals surface area contributed by atoms with Crippen LogP contribution < -0.4 is 5.32 Å². The molecule has 0 aromatic heterocycles. The quantitative estimate of drug-likeness (QED) is 0.832. The molecule has 0 aliphatic rings. The molecule has 0 aliphatic heterocycles. The van der Waals surface area contributed by atoms with E-state index in [9.17, 15) is 13.2 Å². The van der Waals surface area contributed by atoms with E-state index in [0.29, 0.717) is 5.69 Å². The third-order valence-corrected chi connectivity index (χ3v) is 2.91. The Kier molecular flexibility index (Phi) is 4.62. The van der Waals surface area contributed by atoms with Crippen molar-refractivity contribution < 1.29 is 13.2 Å². The lowest BCUT2D eigenvalue weighted by Gasteiger charge is -2.34. The molecule has 21 heavy (non-hydrogen) atoms. The Balaban J connectivity index is 3.08. The van der Waals surface area contributed by atoms with Gasteiger partial charge in [0, 0.05) is 5.54 Å². The van der Waals surface area contributed by atoms with E-state index in [2.05, 4.69) is 26.1 Å². The molecule has 0 bridgehead atoms. The first-order chi connectivity index (χ1) is 9.34. The number of hydrogen-bond donors (Lipinski definition) is 1. The van der Waals surface area contributed by atoms with Crippen LogP contribution in [0.1, 0.15) is 52.2 Å². The lowest BCUT2D eigenvalue weighted by atomic mass is 9.81. The Hall–Kier alpha value is -1.70. The molecule has 1 rings (SSSR count). The number of alkyl halides is 3. The lowest BCUT2D eigenvalue weighted by molar-refractivity contribution is -0.137. The summed E-state index contributed by atoms with van der Waals surface area (Å²) in [5.74, 6) is 0. The summed E-state index contributed by atoms with van der Waals surface area (Å²) in [6.07, 6.45) is -3.63. The smallest absolute Gasteiger partial charge is 0.379 e. The molecule has 0 unspecified atom stereocenters. The van der Waals surface area contributed by atoms with Gasteiger partial charge in [-0.3, -0.25) is 0 Å². The van der Waals surface area contributed by atoms with Crippen molar-refractivity contribution in [2.45, 2.75) is 52.8 Å². The van der Waals surface area contributed by atoms with Crippen LogP contribution in [0, 0.1) is 16.7 Å². The zero-order chi connectivity index (χ0) is 16.5. The normalized spacial score (nSPS) is 12.9. The van der Waals surface area contributed by atoms with Gasteiger partial charge in [0.05, 0.1) is 16.8 Å². The average molecular weight is 298 g/mol. The van der Waals surface area contributed by atoms with Crippen molar-refractivity contribution in [2.24, 2.45) is 5.41 Å². The molecule has 2 nitrogen and oxygen atoms in total. The van der Waals surface area contributed by atoms with Crippen molar-refractivity contribution in [3.8, 4) is 6.07 Å². The monoisotopic (exact) mass is 298 g/mol. The highest BCUT2D eigenvalue weighted by molar-refractivity contribution is 5.60. The summed E-state index contributed by atoms with van der Waals surface area (Å²) < 4.78 is 38.0. The summed E-state index contributed by atoms with van der Waals surface area (Å²) in [5.41, 5.74) is -0.636. The molecule has 0 heterocycles. The first kappa shape index (κ1) is 17.4. The number of halogens is 3. The van der Waals surface area contributed by atoms with Crippen molar-refractivity contribution in [3.05, 3.63) is 29.3 Å². The minimum atomic E-state index is -4.44. The van der Waals surface area contributed by atoms with E-state index in [-0.39, 0.29) is 16.5 Å². The molecule has 0 fully saturated rings. The van der Waals surface area contributed by atoms with Gasteiger partial charge in [-0.05, 0) is 43.9 Å². The second kappa shape index (κ2) is 5.59. The van der Waals surface area contributed by atoms with Gasteiger partial charge in [0.25, 0.3) is 0 Å². The van der Waals surface area contributed by atoms with Crippen molar-refractivity contribution >= 4 is 5.69 Å². The zero-order valence-corrected chi connectivity index (χ0v) is 13.0. The number of nitrogens with zero attached hydrogens (tertiary/aromatic N) is 1. The molecule has 116 valence electrons. The van der Waals surface area contributed by atoms with E-state index >= 15 is 0 Å². The van der Waals surface area contributed by atoms with Crippen LogP contribution in [0.25, 0.3) is 0 Å². The van der Waals surface area contributed by atoms with Crippen LogP contribution in [-0.2, 0) is 6.18 Å². The van der Waals surface area contributed by atoms with Gasteiger partial charge in [-0.2, -0.15) is 18.4 Å². The van der Waals surface area contributed by atoms with E-state index in [4.69, 9.17) is 5.26 Å². The maximum absolute atomic E-state index is 12.7. The Morgan fingerprint density at radius 2 is 1.67 bits per heavy atom. The van der Waals surface area contributed by atoms with Gasteiger partial charge in [-0.25, -0.2) is 0 Å². The summed E-state index contributed by atoms with van der Waals surface area (Å²) >= 11 is 0. The van der Waals surface area contributed by atoms with Gasteiger partial charge < -0.3 is 5.32 Å². The van der Waals surface area contributed by atoms with Crippen LogP contribution in [0.2, 0.25) is 0 Å². The molecule has 5 heteroatoms. The summed E-state index contributed by atoms with van der Waals surface area (Å²) in [5, 5.41) is 12.3. The highest BCUT2D eigenvalue weighted by Gasteiger charge is 2.32. The third-order valence-electron chi connectivity index (χ3n) is 2.91. The topological polar surface area (TPSA) is 35.8 Å². The fourth-order valence-electron chi connectivity index (χ4n) is 2.66. The minimum absolute atomic E-state index is 0.00630. The first-order valence-electron chi connectivity index (χ1n) is 6.74. The van der Waals surface area contributed by atoms with Crippen LogP contribution in [-0.4, -0.2) is 5.54 Å². The molecule has 0 saturated heterocycles. The molecule has 1 aromatic rings. The largest absolute Gasteiger partial charge is 0.416 e. The maximum atomic E-state index is 12.7. The number of benzene rings is 1. The van der Waals surface area contributed by atoms with Crippen LogP contribution in [0.3, 0.4) is 0 Å². The van der Waals surface area contributed by atoms with E-state index in [1.807, 2.05) is 19.9 Å². The van der Waals surface area contributed by atoms with Crippen LogP contribution in [0.4, 0.5) is 18.9 Å². The summed E-state index contributed by atoms with van der Waals surface area (Å²) in [6, 6.07) is 5.04. The van der Waals surface area contributed by atoms with E-state index < -0.39 is 11.7 Å². The number of rotatable bonds is 3. The summed E-state index contributed by atoms with van der Waals surface area (Å²) in [7, 11) is 0. The van der Waals surface area contributed by atoms with E-state index in [1.165, 1.54) is 6.07 Å². The van der Waals surface area contributed by atoms with Gasteiger partial charge in [-0.15, -0.1) is 0 Å². The molecule has 0 atom stereocenters. The molecular formula is C16H21F3N2. The Bertz CT molecular complexity index is 546. The first-order valence-corrected chi connectivity index (χ1v) is 6.74. The molecule has 1 N–H and O–H groups in total. The van der Waals surface area contributed by atoms with Crippen molar-refractivity contribution in [1.29, 1.82) is 5.26 Å². The molecular weight excluding hydrogens is 277 g/mol. The second-order valence-electron chi connectivity index (χ2n) is 7.12. The SMILES string of the molecule is CC(C)(C)CC(C)(C)Nc1ccc(C(F)(F)F)cc1C#N. The Morgan fingerprint density at radius 3 is 2.10 bits per heavy atom. The molecule has 0 saturated carbocycles. The number of anilines is 1. The lowest BCUT2D eigenvalue weighted by Crippen LogP contribution is -2.35. The molecule has 0 spiro atoms. The van der Waals surface area contributed by atoms with Crippen LogP contribution in [0.15, 0.2) is 18.2 Å². The predicted molar refractivity (Wildman–Crippen MR) is 77.9 cm³/mol. The highest BCUT2D eigenvalue weighted by atomic mass is 19.4. The number of nitrogens with one attached hydrogen (secondary N) is 1. The number of nitriles is 1. The Morgan fingerprint density at radius 1 is 1.10 bits per heavy atom. The van der Waals surface area contributed by atoms with Gasteiger partial charge in [0.15, 0.2) is 0 Å². The molecule has 0 amide bonds. The minimum Gasteiger partial charge on any atom is -0.379 e. The van der Waals surface area contributed by atoms with Crippen LogP contribution >= 0.6 is 0 Å². The zero-order valence-electron chi connectivity index (χ0n) is 13.0. The second-order valence-corrected chi connectivity index (χ2v) is 7.12. The van der Waals surface area contributed by atoms with Gasteiger partial charge in [0.2, 0.25) is 0 Å². The highest BCUT2D eigenvalue weighted by Crippen LogP contribution is 2.34. The summed E-state index contributed by atoms with van der Waals surface area (Å²) in [4.78, 5) is 0. The average Bonchev–Trinajstić information content (AvgIpc) is 2.23. The van der Waals surface area contributed by atoms with Crippen molar-refractivity contribution in [2.75, 3.05) is 5.32 Å². The Labute approximate surface area is 124 Å². The van der Waals surface area contributed by atoms with Gasteiger partial charge >= 0.3 is 6.18 Å². The van der Waals surface area contributed by atoms with Gasteiger partial charge in [0.1, 0.15) is 6.07 Å². The number of hydrogen-bond acceptors (Lipinski definition) is 2. The fourth-order valence-corrected chi connectivity index (χ4v) is 2.66. The summed E-state index contributed by atoms with van der Waals surface area (Å²) in [6.45, 7) is 10.2. The maximum Gasteiger partial charge on any atom is 0.416 e. The van der Waals surface area contributed by atoms with E-state index in [1.54, 1.807) is 0 Å². The molecule has 1 aromatic carbocycles. The van der Waals surface area contributed by atoms with E-state index in [0.717, 1.165) is 18.6 Å². The third kappa shape index (κ3) is 5.30. The molecule has 0 radical (unpaired) electrons. The van der Waals surface area contributed by atoms with Gasteiger partial charge in [-0.1, -0.05) is 20.8 Å². The molecule has 0 aliphatic carbocycles. The van der Waals surface area contributed by atoms with Crippen molar-refractivity contribution in [1.82, 2.24) is 0 Å².